The van der Waals surface area contributed by atoms with E-state index in [2.05, 4.69) is 43.5 Å². The summed E-state index contributed by atoms with van der Waals surface area (Å²) in [5.41, 5.74) is 1.48. The fourth-order valence-corrected chi connectivity index (χ4v) is 2.84. The fraction of sp³-hybridized carbons (Fsp3) is 0.350. The summed E-state index contributed by atoms with van der Waals surface area (Å²) in [6.45, 7) is 8.33. The Morgan fingerprint density at radius 2 is 1.54 bits per heavy atom. The number of nitrogens with one attached hydrogen (secondary N) is 2. The average molecular weight is 380 g/mol. The van der Waals surface area contributed by atoms with E-state index in [1.807, 2.05) is 19.1 Å². The van der Waals surface area contributed by atoms with E-state index in [4.69, 9.17) is 12.2 Å². The van der Waals surface area contributed by atoms with Gasteiger partial charge in [0.15, 0.2) is 5.11 Å². The molecule has 0 aliphatic heterocycles. The number of hydrogen-bond acceptors (Lipinski definition) is 1. The Balaban J connectivity index is 2.07. The smallest absolute Gasteiger partial charge is 0.356 e. The van der Waals surface area contributed by atoms with E-state index in [0.29, 0.717) is 0 Å². The highest BCUT2D eigenvalue weighted by molar-refractivity contribution is 7.80. The van der Waals surface area contributed by atoms with E-state index in [1.165, 1.54) is 23.8 Å². The molecule has 2 rings (SSSR count). The van der Waals surface area contributed by atoms with Crippen LogP contribution in [0.2, 0.25) is 0 Å². The number of halogens is 3. The van der Waals surface area contributed by atoms with Crippen LogP contribution in [0.15, 0.2) is 48.5 Å². The zero-order valence-electron chi connectivity index (χ0n) is 15.2. The van der Waals surface area contributed by atoms with E-state index in [-0.39, 0.29) is 22.3 Å². The molecule has 140 valence electrons. The summed E-state index contributed by atoms with van der Waals surface area (Å²) >= 11 is 5.19. The summed E-state index contributed by atoms with van der Waals surface area (Å²) in [4.78, 5) is 0. The Hall–Kier alpha value is -2.08. The molecular formula is C20H23F3N2S. The molecule has 0 spiro atoms. The van der Waals surface area contributed by atoms with Crippen molar-refractivity contribution in [2.75, 3.05) is 5.32 Å². The highest BCUT2D eigenvalue weighted by Gasteiger charge is 2.33. The number of alkyl halides is 3. The molecule has 0 heterocycles. The van der Waals surface area contributed by atoms with Crippen LogP contribution >= 0.6 is 12.2 Å². The molecule has 6 heteroatoms. The van der Waals surface area contributed by atoms with Gasteiger partial charge in [-0.2, -0.15) is 13.2 Å². The quantitative estimate of drug-likeness (QED) is 0.634. The van der Waals surface area contributed by atoms with Gasteiger partial charge in [0.2, 0.25) is 0 Å². The first-order chi connectivity index (χ1) is 12.0. The van der Waals surface area contributed by atoms with Crippen molar-refractivity contribution in [1.29, 1.82) is 0 Å². The molecule has 1 unspecified atom stereocenters. The number of thiocarbonyl (C=S) groups is 1. The molecule has 26 heavy (non-hydrogen) atoms. The summed E-state index contributed by atoms with van der Waals surface area (Å²) in [5, 5.41) is 5.84. The van der Waals surface area contributed by atoms with Crippen molar-refractivity contribution in [3.05, 3.63) is 65.2 Å². The second kappa shape index (κ2) is 7.66. The number of para-hydroxylation sites is 1. The van der Waals surface area contributed by atoms with Crippen LogP contribution in [0.25, 0.3) is 0 Å². The van der Waals surface area contributed by atoms with Crippen molar-refractivity contribution in [3.8, 4) is 0 Å². The van der Waals surface area contributed by atoms with Gasteiger partial charge in [0.25, 0.3) is 0 Å². The van der Waals surface area contributed by atoms with Crippen LogP contribution in [0.1, 0.15) is 50.4 Å². The van der Waals surface area contributed by atoms with Gasteiger partial charge < -0.3 is 10.6 Å². The molecular weight excluding hydrogens is 357 g/mol. The SMILES string of the molecule is CC(NC(=S)Nc1ccccc1C(F)(F)F)c1ccc(C(C)(C)C)cc1. The van der Waals surface area contributed by atoms with Crippen molar-refractivity contribution in [3.63, 3.8) is 0 Å². The van der Waals surface area contributed by atoms with Crippen LogP contribution < -0.4 is 10.6 Å². The summed E-state index contributed by atoms with van der Waals surface area (Å²) < 4.78 is 39.2. The summed E-state index contributed by atoms with van der Waals surface area (Å²) in [6, 6.07) is 13.3. The maximum Gasteiger partial charge on any atom is 0.418 e. The zero-order valence-corrected chi connectivity index (χ0v) is 16.1. The van der Waals surface area contributed by atoms with Crippen LogP contribution in [0, 0.1) is 0 Å². The largest absolute Gasteiger partial charge is 0.418 e. The molecule has 0 aromatic heterocycles. The Bertz CT molecular complexity index is 762. The molecule has 0 aliphatic carbocycles. The summed E-state index contributed by atoms with van der Waals surface area (Å²) in [7, 11) is 0. The lowest BCUT2D eigenvalue weighted by Gasteiger charge is -2.22. The van der Waals surface area contributed by atoms with Crippen LogP contribution in [0.3, 0.4) is 0 Å². The monoisotopic (exact) mass is 380 g/mol. The van der Waals surface area contributed by atoms with Crippen molar-refractivity contribution < 1.29 is 13.2 Å². The number of rotatable bonds is 3. The van der Waals surface area contributed by atoms with Crippen LogP contribution in [-0.2, 0) is 11.6 Å². The van der Waals surface area contributed by atoms with Crippen molar-refractivity contribution >= 4 is 23.0 Å². The van der Waals surface area contributed by atoms with Crippen LogP contribution in [0.4, 0.5) is 18.9 Å². The van der Waals surface area contributed by atoms with Crippen molar-refractivity contribution in [1.82, 2.24) is 5.32 Å². The van der Waals surface area contributed by atoms with Gasteiger partial charge in [-0.05, 0) is 47.8 Å². The van der Waals surface area contributed by atoms with E-state index < -0.39 is 11.7 Å². The molecule has 0 fully saturated rings. The number of hydrogen-bond donors (Lipinski definition) is 2. The molecule has 0 amide bonds. The molecule has 1 atom stereocenters. The minimum absolute atomic E-state index is 0.0622. The molecule has 2 aromatic rings. The molecule has 0 saturated carbocycles. The van der Waals surface area contributed by atoms with E-state index >= 15 is 0 Å². The van der Waals surface area contributed by atoms with Crippen molar-refractivity contribution in [2.45, 2.75) is 45.3 Å². The Morgan fingerprint density at radius 3 is 2.08 bits per heavy atom. The first kappa shape index (κ1) is 20.2. The molecule has 2 nitrogen and oxygen atoms in total. The van der Waals surface area contributed by atoms with Gasteiger partial charge in [-0.25, -0.2) is 0 Å². The average Bonchev–Trinajstić information content (AvgIpc) is 2.53. The molecule has 0 saturated heterocycles. The third kappa shape index (κ3) is 5.21. The highest BCUT2D eigenvalue weighted by Crippen LogP contribution is 2.34. The van der Waals surface area contributed by atoms with Gasteiger partial charge in [0.05, 0.1) is 17.3 Å². The predicted octanol–water partition coefficient (Wildman–Crippen LogP) is 6.05. The third-order valence-corrected chi connectivity index (χ3v) is 4.32. The van der Waals surface area contributed by atoms with Gasteiger partial charge >= 0.3 is 6.18 Å². The third-order valence-electron chi connectivity index (χ3n) is 4.10. The van der Waals surface area contributed by atoms with Gasteiger partial charge in [0, 0.05) is 0 Å². The molecule has 0 radical (unpaired) electrons. The molecule has 2 aromatic carbocycles. The molecule has 0 bridgehead atoms. The summed E-state index contributed by atoms with van der Waals surface area (Å²) in [6.07, 6.45) is -4.44. The van der Waals surface area contributed by atoms with E-state index in [9.17, 15) is 13.2 Å². The Morgan fingerprint density at radius 1 is 0.962 bits per heavy atom. The highest BCUT2D eigenvalue weighted by atomic mass is 32.1. The lowest BCUT2D eigenvalue weighted by molar-refractivity contribution is -0.136. The van der Waals surface area contributed by atoms with E-state index in [1.54, 1.807) is 0 Å². The first-order valence-corrected chi connectivity index (χ1v) is 8.73. The van der Waals surface area contributed by atoms with E-state index in [0.717, 1.165) is 11.6 Å². The van der Waals surface area contributed by atoms with Gasteiger partial charge in [-0.1, -0.05) is 57.2 Å². The minimum atomic E-state index is -4.44. The predicted molar refractivity (Wildman–Crippen MR) is 104 cm³/mol. The molecule has 0 aliphatic rings. The summed E-state index contributed by atoms with van der Waals surface area (Å²) in [5.74, 6) is 0. The van der Waals surface area contributed by atoms with Gasteiger partial charge in [0.1, 0.15) is 0 Å². The lowest BCUT2D eigenvalue weighted by atomic mass is 9.86. The Labute approximate surface area is 157 Å². The van der Waals surface area contributed by atoms with Gasteiger partial charge in [-0.15, -0.1) is 0 Å². The second-order valence-corrected chi connectivity index (χ2v) is 7.64. The van der Waals surface area contributed by atoms with Crippen LogP contribution in [0.5, 0.6) is 0 Å². The number of benzene rings is 2. The molecule has 2 N–H and O–H groups in total. The number of anilines is 1. The maximum absolute atomic E-state index is 13.1. The normalized spacial score (nSPS) is 13.2. The Kier molecular flexibility index (Phi) is 5.96. The maximum atomic E-state index is 13.1. The lowest BCUT2D eigenvalue weighted by Crippen LogP contribution is -2.31. The van der Waals surface area contributed by atoms with Crippen molar-refractivity contribution in [2.24, 2.45) is 0 Å². The first-order valence-electron chi connectivity index (χ1n) is 8.32. The minimum Gasteiger partial charge on any atom is -0.356 e. The standard InChI is InChI=1S/C20H23F3N2S/c1-13(14-9-11-15(12-10-14)19(2,3)4)24-18(26)25-17-8-6-5-7-16(17)20(21,22)23/h5-13H,1-4H3,(H2,24,25,26). The fourth-order valence-electron chi connectivity index (χ4n) is 2.55. The zero-order chi connectivity index (χ0) is 19.5. The van der Waals surface area contributed by atoms with Crippen LogP contribution in [-0.4, -0.2) is 5.11 Å². The topological polar surface area (TPSA) is 24.1 Å². The second-order valence-electron chi connectivity index (χ2n) is 7.24. The van der Waals surface area contributed by atoms with Gasteiger partial charge in [-0.3, -0.25) is 0 Å².